The molecule has 2 aromatic carbocycles. The number of benzene rings is 2. The lowest BCUT2D eigenvalue weighted by Gasteiger charge is -2.16. The highest BCUT2D eigenvalue weighted by molar-refractivity contribution is 8.26. The fourth-order valence-corrected chi connectivity index (χ4v) is 4.72. The number of carbonyl (C=O) groups is 2. The fraction of sp³-hybridized carbons (Fsp3) is 0.0870. The zero-order valence-corrected chi connectivity index (χ0v) is 20.2. The van der Waals surface area contributed by atoms with Gasteiger partial charge >= 0.3 is 0 Å². The summed E-state index contributed by atoms with van der Waals surface area (Å²) >= 11 is 12.4. The molecule has 1 aliphatic heterocycles. The van der Waals surface area contributed by atoms with Crippen LogP contribution in [0.5, 0.6) is 0 Å². The summed E-state index contributed by atoms with van der Waals surface area (Å²) < 4.78 is 5.88. The second-order valence-corrected chi connectivity index (χ2v) is 9.50. The van der Waals surface area contributed by atoms with E-state index >= 15 is 0 Å². The standard InChI is InChI=1S/C23H16ClN3O5S2/c1-12-3-6-15(17(24)9-12)21(28)25-26-22(29)20(34-23(26)33)11-14-5-8-19(32-14)16-7-4-13(2)10-18(16)27(30)31/h3-11H,1-2H3,(H,25,28)/b20-11+. The van der Waals surface area contributed by atoms with Crippen molar-refractivity contribution in [1.82, 2.24) is 10.4 Å². The number of thioether (sulfide) groups is 1. The minimum atomic E-state index is -0.575. The minimum Gasteiger partial charge on any atom is -0.456 e. The molecular weight excluding hydrogens is 498 g/mol. The van der Waals surface area contributed by atoms with Crippen LogP contribution < -0.4 is 5.43 Å². The van der Waals surface area contributed by atoms with E-state index in [9.17, 15) is 19.7 Å². The van der Waals surface area contributed by atoms with E-state index in [0.29, 0.717) is 11.3 Å². The van der Waals surface area contributed by atoms with Crippen LogP contribution in [0.1, 0.15) is 27.2 Å². The molecule has 8 nitrogen and oxygen atoms in total. The van der Waals surface area contributed by atoms with Crippen molar-refractivity contribution in [3.8, 4) is 11.3 Å². The van der Waals surface area contributed by atoms with Crippen molar-refractivity contribution in [2.75, 3.05) is 0 Å². The molecule has 34 heavy (non-hydrogen) atoms. The normalized spacial score (nSPS) is 14.7. The molecule has 11 heteroatoms. The van der Waals surface area contributed by atoms with Gasteiger partial charge in [0.2, 0.25) is 0 Å². The van der Waals surface area contributed by atoms with Gasteiger partial charge in [-0.2, -0.15) is 5.01 Å². The number of amides is 2. The summed E-state index contributed by atoms with van der Waals surface area (Å²) in [5, 5.41) is 12.6. The first-order chi connectivity index (χ1) is 16.1. The van der Waals surface area contributed by atoms with Crippen molar-refractivity contribution in [2.24, 2.45) is 0 Å². The van der Waals surface area contributed by atoms with E-state index < -0.39 is 16.7 Å². The number of furan rings is 1. The number of nitrogens with zero attached hydrogens (tertiary/aromatic N) is 2. The van der Waals surface area contributed by atoms with E-state index in [1.54, 1.807) is 49.4 Å². The predicted molar refractivity (Wildman–Crippen MR) is 134 cm³/mol. The van der Waals surface area contributed by atoms with Crippen LogP contribution in [-0.4, -0.2) is 26.1 Å². The fourth-order valence-electron chi connectivity index (χ4n) is 3.24. The number of hydrogen-bond donors (Lipinski definition) is 1. The van der Waals surface area contributed by atoms with Crippen LogP contribution in [0.3, 0.4) is 0 Å². The predicted octanol–water partition coefficient (Wildman–Crippen LogP) is 5.67. The Balaban J connectivity index is 1.55. The smallest absolute Gasteiger partial charge is 0.285 e. The topological polar surface area (TPSA) is 106 Å². The van der Waals surface area contributed by atoms with E-state index in [2.05, 4.69) is 5.43 Å². The second-order valence-electron chi connectivity index (χ2n) is 7.42. The first-order valence-electron chi connectivity index (χ1n) is 9.84. The van der Waals surface area contributed by atoms with Crippen molar-refractivity contribution in [2.45, 2.75) is 13.8 Å². The first-order valence-corrected chi connectivity index (χ1v) is 11.4. The summed E-state index contributed by atoms with van der Waals surface area (Å²) in [5.74, 6) is -0.519. The van der Waals surface area contributed by atoms with Crippen LogP contribution in [0, 0.1) is 24.0 Å². The van der Waals surface area contributed by atoms with Crippen molar-refractivity contribution < 1.29 is 18.9 Å². The Morgan fingerprint density at radius 3 is 2.59 bits per heavy atom. The maximum absolute atomic E-state index is 12.9. The third-order valence-corrected chi connectivity index (χ3v) is 6.51. The van der Waals surface area contributed by atoms with Gasteiger partial charge in [0.05, 0.1) is 26.0 Å². The molecular formula is C23H16ClN3O5S2. The SMILES string of the molecule is Cc1ccc(C(=O)NN2C(=O)/C(=C\c3ccc(-c4ccc(C)cc4[N+](=O)[O-])o3)SC2=S)c(Cl)c1. The Morgan fingerprint density at radius 1 is 1.18 bits per heavy atom. The van der Waals surface area contributed by atoms with Gasteiger partial charge in [-0.25, -0.2) is 0 Å². The van der Waals surface area contributed by atoms with E-state index in [0.717, 1.165) is 27.9 Å². The van der Waals surface area contributed by atoms with E-state index in [1.165, 1.54) is 12.1 Å². The lowest BCUT2D eigenvalue weighted by Crippen LogP contribution is -2.44. The van der Waals surface area contributed by atoms with Gasteiger partial charge in [0.15, 0.2) is 4.32 Å². The van der Waals surface area contributed by atoms with Crippen molar-refractivity contribution in [3.05, 3.63) is 91.0 Å². The third kappa shape index (κ3) is 4.74. The van der Waals surface area contributed by atoms with E-state index in [-0.39, 0.29) is 31.3 Å². The molecule has 3 aromatic rings. The zero-order chi connectivity index (χ0) is 24.6. The quantitative estimate of drug-likeness (QED) is 0.203. The van der Waals surface area contributed by atoms with Gasteiger partial charge in [0, 0.05) is 12.1 Å². The Morgan fingerprint density at radius 2 is 1.88 bits per heavy atom. The number of hydrazine groups is 1. The van der Waals surface area contributed by atoms with Crippen LogP contribution in [0.2, 0.25) is 5.02 Å². The average Bonchev–Trinajstić information content (AvgIpc) is 3.33. The summed E-state index contributed by atoms with van der Waals surface area (Å²) in [6, 6.07) is 13.0. The number of rotatable bonds is 5. The van der Waals surface area contributed by atoms with Gasteiger partial charge in [-0.05, 0) is 67.5 Å². The number of carbonyl (C=O) groups excluding carboxylic acids is 2. The summed E-state index contributed by atoms with van der Waals surface area (Å²) in [6.45, 7) is 3.61. The summed E-state index contributed by atoms with van der Waals surface area (Å²) in [7, 11) is 0. The van der Waals surface area contributed by atoms with Gasteiger partial charge in [-0.1, -0.05) is 35.5 Å². The molecule has 0 bridgehead atoms. The van der Waals surface area contributed by atoms with Crippen LogP contribution in [-0.2, 0) is 4.79 Å². The molecule has 0 saturated carbocycles. The first kappa shape index (κ1) is 23.7. The van der Waals surface area contributed by atoms with Crippen LogP contribution in [0.25, 0.3) is 17.4 Å². The Labute approximate surface area is 208 Å². The third-order valence-electron chi connectivity index (χ3n) is 4.89. The van der Waals surface area contributed by atoms with Crippen molar-refractivity contribution in [1.29, 1.82) is 0 Å². The lowest BCUT2D eigenvalue weighted by atomic mass is 10.1. The van der Waals surface area contributed by atoms with Crippen LogP contribution in [0.4, 0.5) is 5.69 Å². The highest BCUT2D eigenvalue weighted by atomic mass is 35.5. The van der Waals surface area contributed by atoms with E-state index in [4.69, 9.17) is 28.2 Å². The van der Waals surface area contributed by atoms with Crippen molar-refractivity contribution in [3.63, 3.8) is 0 Å². The van der Waals surface area contributed by atoms with Gasteiger partial charge in [0.25, 0.3) is 17.5 Å². The van der Waals surface area contributed by atoms with Crippen molar-refractivity contribution >= 4 is 63.5 Å². The molecule has 1 aliphatic rings. The molecule has 1 N–H and O–H groups in total. The number of hydrogen-bond acceptors (Lipinski definition) is 7. The molecule has 1 saturated heterocycles. The zero-order valence-electron chi connectivity index (χ0n) is 17.8. The van der Waals surface area contributed by atoms with Gasteiger partial charge < -0.3 is 4.42 Å². The minimum absolute atomic E-state index is 0.0790. The largest absolute Gasteiger partial charge is 0.456 e. The molecule has 2 amide bonds. The molecule has 0 spiro atoms. The molecule has 0 radical (unpaired) electrons. The lowest BCUT2D eigenvalue weighted by molar-refractivity contribution is -0.384. The number of thiocarbonyl (C=S) groups is 1. The van der Waals surface area contributed by atoms with Gasteiger partial charge in [-0.15, -0.1) is 0 Å². The summed E-state index contributed by atoms with van der Waals surface area (Å²) in [6.07, 6.45) is 1.47. The monoisotopic (exact) mass is 513 g/mol. The Kier molecular flexibility index (Phi) is 6.56. The summed E-state index contributed by atoms with van der Waals surface area (Å²) in [5.41, 5.74) is 4.58. The maximum Gasteiger partial charge on any atom is 0.285 e. The molecule has 2 heterocycles. The maximum atomic E-state index is 12.9. The van der Waals surface area contributed by atoms with E-state index in [1.807, 2.05) is 6.92 Å². The Hall–Kier alpha value is -3.47. The molecule has 1 aromatic heterocycles. The molecule has 0 unspecified atom stereocenters. The number of aryl methyl sites for hydroxylation is 2. The summed E-state index contributed by atoms with van der Waals surface area (Å²) in [4.78, 5) is 36.6. The van der Waals surface area contributed by atoms with Crippen LogP contribution >= 0.6 is 35.6 Å². The molecule has 0 aliphatic carbocycles. The molecule has 0 atom stereocenters. The number of nitrogens with one attached hydrogen (secondary N) is 1. The van der Waals surface area contributed by atoms with Crippen LogP contribution in [0.15, 0.2) is 57.9 Å². The highest BCUT2D eigenvalue weighted by Crippen LogP contribution is 2.35. The Bertz CT molecular complexity index is 1400. The van der Waals surface area contributed by atoms with Gasteiger partial charge in [0.1, 0.15) is 11.5 Å². The average molecular weight is 514 g/mol. The number of nitro benzene ring substituents is 1. The molecule has 1 fully saturated rings. The number of halogens is 1. The molecule has 4 rings (SSSR count). The second kappa shape index (κ2) is 9.41. The molecule has 172 valence electrons. The van der Waals surface area contributed by atoms with Gasteiger partial charge in [-0.3, -0.25) is 25.1 Å². The number of nitro groups is 1. The highest BCUT2D eigenvalue weighted by Gasteiger charge is 2.34.